The van der Waals surface area contributed by atoms with Gasteiger partial charge in [-0.15, -0.1) is 0 Å². The molecule has 1 saturated heterocycles. The molecule has 0 saturated carbocycles. The average molecular weight is 448 g/mol. The number of para-hydroxylation sites is 1. The van der Waals surface area contributed by atoms with Crippen LogP contribution in [0.4, 0.5) is 4.39 Å². The first-order valence-electron chi connectivity index (χ1n) is 11.1. The van der Waals surface area contributed by atoms with Gasteiger partial charge in [0.1, 0.15) is 5.82 Å². The van der Waals surface area contributed by atoms with Crippen molar-refractivity contribution in [1.29, 1.82) is 0 Å². The minimum Gasteiger partial charge on any atom is -0.376 e. The Kier molecular flexibility index (Phi) is 5.46. The van der Waals surface area contributed by atoms with E-state index in [9.17, 15) is 14.0 Å². The molecule has 1 aliphatic rings. The molecule has 33 heavy (non-hydrogen) atoms. The second-order valence-electron chi connectivity index (χ2n) is 8.58. The molecule has 170 valence electrons. The molecule has 0 aliphatic carbocycles. The van der Waals surface area contributed by atoms with Crippen LogP contribution < -0.4 is 11.2 Å². The van der Waals surface area contributed by atoms with Crippen LogP contribution in [0, 0.1) is 19.7 Å². The van der Waals surface area contributed by atoms with Crippen LogP contribution in [0.15, 0.2) is 58.4 Å². The Morgan fingerprint density at radius 2 is 1.88 bits per heavy atom. The maximum Gasteiger partial charge on any atom is 0.337 e. The fraction of sp³-hybridized carbons (Fsp3) is 0.320. The molecule has 2 aromatic carbocycles. The maximum atomic E-state index is 13.8. The summed E-state index contributed by atoms with van der Waals surface area (Å²) < 4.78 is 23.9. The van der Waals surface area contributed by atoms with E-state index in [1.165, 1.54) is 27.6 Å². The Bertz CT molecular complexity index is 1440. The van der Waals surface area contributed by atoms with E-state index >= 15 is 0 Å². The summed E-state index contributed by atoms with van der Waals surface area (Å²) in [6.07, 6.45) is 3.07. The second-order valence-corrected chi connectivity index (χ2v) is 8.58. The van der Waals surface area contributed by atoms with Gasteiger partial charge in [-0.3, -0.25) is 9.36 Å². The minimum absolute atomic E-state index is 0.182. The highest BCUT2D eigenvalue weighted by Gasteiger charge is 2.24. The molecule has 0 unspecified atom stereocenters. The van der Waals surface area contributed by atoms with Crippen molar-refractivity contribution in [3.63, 3.8) is 0 Å². The molecular formula is C25H25FN4O3. The SMILES string of the molecule is Cc1cccc(C)c1-n1c(=O)n(C[C@H]2CCCO2)c(=O)c2c1ncn2Cc1cccc(F)c1. The lowest BCUT2D eigenvalue weighted by molar-refractivity contribution is 0.0950. The predicted molar refractivity (Wildman–Crippen MR) is 124 cm³/mol. The van der Waals surface area contributed by atoms with Gasteiger partial charge < -0.3 is 9.30 Å². The Hall–Kier alpha value is -3.52. The highest BCUT2D eigenvalue weighted by Crippen LogP contribution is 2.21. The topological polar surface area (TPSA) is 71.1 Å². The summed E-state index contributed by atoms with van der Waals surface area (Å²) in [6, 6.07) is 12.0. The standard InChI is InChI=1S/C25H25FN4O3/c1-16-6-3-7-17(2)21(16)30-23-22(24(31)29(25(30)32)14-20-10-5-11-33-20)28(15-27-23)13-18-8-4-9-19(26)12-18/h3-4,6-9,12,15,20H,5,10-11,13-14H2,1-2H3/t20-/m1/s1. The summed E-state index contributed by atoms with van der Waals surface area (Å²) in [7, 11) is 0. The molecule has 3 heterocycles. The number of rotatable bonds is 5. The van der Waals surface area contributed by atoms with Crippen molar-refractivity contribution in [3.05, 3.63) is 92.1 Å². The first-order valence-corrected chi connectivity index (χ1v) is 11.1. The lowest BCUT2D eigenvalue weighted by atomic mass is 10.1. The summed E-state index contributed by atoms with van der Waals surface area (Å²) in [4.78, 5) is 31.7. The van der Waals surface area contributed by atoms with Crippen LogP contribution in [0.1, 0.15) is 29.5 Å². The van der Waals surface area contributed by atoms with E-state index in [1.54, 1.807) is 16.7 Å². The number of imidazole rings is 1. The molecule has 4 aromatic rings. The van der Waals surface area contributed by atoms with Crippen molar-refractivity contribution in [2.75, 3.05) is 6.61 Å². The summed E-state index contributed by atoms with van der Waals surface area (Å²) in [5.74, 6) is -0.347. The number of fused-ring (bicyclic) bond motifs is 1. The number of ether oxygens (including phenoxy) is 1. The quantitative estimate of drug-likeness (QED) is 0.470. The zero-order valence-electron chi connectivity index (χ0n) is 18.6. The van der Waals surface area contributed by atoms with Crippen molar-refractivity contribution in [2.45, 2.75) is 45.9 Å². The van der Waals surface area contributed by atoms with Crippen LogP contribution in [-0.4, -0.2) is 31.4 Å². The summed E-state index contributed by atoms with van der Waals surface area (Å²) in [6.45, 7) is 4.93. The van der Waals surface area contributed by atoms with Crippen molar-refractivity contribution in [2.24, 2.45) is 0 Å². The Balaban J connectivity index is 1.77. The molecule has 0 spiro atoms. The third-order valence-corrected chi connectivity index (χ3v) is 6.22. The van der Waals surface area contributed by atoms with Gasteiger partial charge in [-0.05, 0) is 55.5 Å². The van der Waals surface area contributed by atoms with E-state index in [1.807, 2.05) is 32.0 Å². The molecule has 1 fully saturated rings. The first kappa shape index (κ1) is 21.3. The maximum absolute atomic E-state index is 13.8. The van der Waals surface area contributed by atoms with Gasteiger partial charge in [0.15, 0.2) is 11.2 Å². The average Bonchev–Trinajstić information content (AvgIpc) is 3.43. The summed E-state index contributed by atoms with van der Waals surface area (Å²) in [5, 5.41) is 0. The second kappa shape index (κ2) is 8.44. The number of benzene rings is 2. The van der Waals surface area contributed by atoms with Crippen LogP contribution in [0.2, 0.25) is 0 Å². The lowest BCUT2D eigenvalue weighted by Gasteiger charge is -2.17. The number of hydrogen-bond acceptors (Lipinski definition) is 4. The van der Waals surface area contributed by atoms with E-state index in [4.69, 9.17) is 4.74 Å². The monoisotopic (exact) mass is 448 g/mol. The molecule has 1 atom stereocenters. The normalized spacial score (nSPS) is 16.0. The molecular weight excluding hydrogens is 423 g/mol. The van der Waals surface area contributed by atoms with E-state index < -0.39 is 11.2 Å². The largest absolute Gasteiger partial charge is 0.376 e. The van der Waals surface area contributed by atoms with Crippen LogP contribution in [0.5, 0.6) is 0 Å². The Labute approximate surface area is 189 Å². The summed E-state index contributed by atoms with van der Waals surface area (Å²) in [5.41, 5.74) is 2.97. The number of nitrogens with zero attached hydrogens (tertiary/aromatic N) is 4. The van der Waals surface area contributed by atoms with Gasteiger partial charge >= 0.3 is 5.69 Å². The third kappa shape index (κ3) is 3.80. The Morgan fingerprint density at radius 1 is 1.12 bits per heavy atom. The van der Waals surface area contributed by atoms with Gasteiger partial charge in [0.25, 0.3) is 5.56 Å². The van der Waals surface area contributed by atoms with Crippen LogP contribution >= 0.6 is 0 Å². The molecule has 2 aromatic heterocycles. The zero-order valence-corrected chi connectivity index (χ0v) is 18.6. The molecule has 7 nitrogen and oxygen atoms in total. The molecule has 0 N–H and O–H groups in total. The number of hydrogen-bond donors (Lipinski definition) is 0. The number of aromatic nitrogens is 4. The molecule has 0 bridgehead atoms. The fourth-order valence-electron chi connectivity index (χ4n) is 4.64. The van der Waals surface area contributed by atoms with Gasteiger partial charge in [-0.1, -0.05) is 30.3 Å². The minimum atomic E-state index is -0.434. The van der Waals surface area contributed by atoms with Crippen molar-refractivity contribution in [3.8, 4) is 5.69 Å². The van der Waals surface area contributed by atoms with Crippen molar-refractivity contribution in [1.82, 2.24) is 18.7 Å². The van der Waals surface area contributed by atoms with E-state index in [0.717, 1.165) is 24.0 Å². The van der Waals surface area contributed by atoms with Crippen LogP contribution in [0.3, 0.4) is 0 Å². The van der Waals surface area contributed by atoms with E-state index in [0.29, 0.717) is 29.0 Å². The molecule has 8 heteroatoms. The molecule has 0 amide bonds. The zero-order chi connectivity index (χ0) is 23.1. The van der Waals surface area contributed by atoms with Crippen molar-refractivity contribution >= 4 is 11.2 Å². The molecule has 1 aliphatic heterocycles. The van der Waals surface area contributed by atoms with Gasteiger partial charge in [0, 0.05) is 13.2 Å². The fourth-order valence-corrected chi connectivity index (χ4v) is 4.64. The van der Waals surface area contributed by atoms with E-state index in [2.05, 4.69) is 4.98 Å². The highest BCUT2D eigenvalue weighted by molar-refractivity contribution is 5.73. The lowest BCUT2D eigenvalue weighted by Crippen LogP contribution is -2.42. The van der Waals surface area contributed by atoms with Gasteiger partial charge in [0.2, 0.25) is 0 Å². The first-order chi connectivity index (χ1) is 15.9. The predicted octanol–water partition coefficient (Wildman–Crippen LogP) is 3.33. The van der Waals surface area contributed by atoms with Gasteiger partial charge in [0.05, 0.1) is 24.7 Å². The smallest absolute Gasteiger partial charge is 0.337 e. The molecule has 5 rings (SSSR count). The Morgan fingerprint density at radius 3 is 2.58 bits per heavy atom. The molecule has 0 radical (unpaired) electrons. The highest BCUT2D eigenvalue weighted by atomic mass is 19.1. The van der Waals surface area contributed by atoms with Crippen LogP contribution in [-0.2, 0) is 17.8 Å². The number of halogens is 1. The number of aryl methyl sites for hydroxylation is 2. The third-order valence-electron chi connectivity index (χ3n) is 6.22. The van der Waals surface area contributed by atoms with Crippen molar-refractivity contribution < 1.29 is 9.13 Å². The van der Waals surface area contributed by atoms with Gasteiger partial charge in [-0.25, -0.2) is 18.7 Å². The summed E-state index contributed by atoms with van der Waals surface area (Å²) >= 11 is 0. The van der Waals surface area contributed by atoms with E-state index in [-0.39, 0.29) is 25.0 Å². The van der Waals surface area contributed by atoms with Gasteiger partial charge in [-0.2, -0.15) is 0 Å². The van der Waals surface area contributed by atoms with Crippen LogP contribution in [0.25, 0.3) is 16.9 Å².